The van der Waals surface area contributed by atoms with Gasteiger partial charge in [0.2, 0.25) is 0 Å². The number of hydrogen-bond acceptors (Lipinski definition) is 4. The van der Waals surface area contributed by atoms with Crippen LogP contribution in [0.25, 0.3) is 0 Å². The molecule has 0 radical (unpaired) electrons. The molecule has 0 aromatic carbocycles. The predicted octanol–water partition coefficient (Wildman–Crippen LogP) is 1.28. The van der Waals surface area contributed by atoms with Gasteiger partial charge in [0.15, 0.2) is 0 Å². The van der Waals surface area contributed by atoms with E-state index in [0.29, 0.717) is 11.4 Å². The van der Waals surface area contributed by atoms with Crippen LogP contribution in [-0.2, 0) is 19.3 Å². The number of nitrogens with zero attached hydrogens (tertiary/aromatic N) is 4. The Bertz CT molecular complexity index is 387. The zero-order chi connectivity index (χ0) is 11.1. The van der Waals surface area contributed by atoms with Gasteiger partial charge in [-0.15, -0.1) is 0 Å². The molecule has 4 heteroatoms. The maximum absolute atomic E-state index is 8.56. The van der Waals surface area contributed by atoms with Gasteiger partial charge in [-0.2, -0.15) is 15.8 Å². The van der Waals surface area contributed by atoms with Gasteiger partial charge < -0.3 is 0 Å². The van der Waals surface area contributed by atoms with Crippen molar-refractivity contribution < 1.29 is 0 Å². The van der Waals surface area contributed by atoms with E-state index in [2.05, 4.69) is 4.98 Å². The zero-order valence-corrected chi connectivity index (χ0v) is 8.06. The average Bonchev–Trinajstić information content (AvgIpc) is 2.19. The highest BCUT2D eigenvalue weighted by Gasteiger charge is 2.02. The van der Waals surface area contributed by atoms with Crippen molar-refractivity contribution in [2.75, 3.05) is 0 Å². The normalized spacial score (nSPS) is 8.60. The van der Waals surface area contributed by atoms with E-state index in [4.69, 9.17) is 15.8 Å². The predicted molar refractivity (Wildman–Crippen MR) is 52.2 cm³/mol. The molecule has 0 aliphatic carbocycles. The molecule has 0 atom stereocenters. The first-order chi connectivity index (χ1) is 7.30. The van der Waals surface area contributed by atoms with Crippen LogP contribution >= 0.6 is 0 Å². The summed E-state index contributed by atoms with van der Waals surface area (Å²) in [5, 5.41) is 25.6. The van der Waals surface area contributed by atoms with E-state index in [1.54, 1.807) is 12.1 Å². The lowest BCUT2D eigenvalue weighted by Gasteiger charge is -2.01. The standard InChI is InChI=1S/C11H8N4/c12-4-1-9-7-10(2-5-13)15-11(8-9)3-6-14/h7-8H,1-3H2. The number of pyridine rings is 1. The highest BCUT2D eigenvalue weighted by atomic mass is 14.7. The molecule has 4 nitrogen and oxygen atoms in total. The Hall–Kier alpha value is -2.38. The van der Waals surface area contributed by atoms with Crippen molar-refractivity contribution >= 4 is 0 Å². The van der Waals surface area contributed by atoms with Crippen LogP contribution in [0.15, 0.2) is 12.1 Å². The van der Waals surface area contributed by atoms with Crippen LogP contribution in [0.3, 0.4) is 0 Å². The smallest absolute Gasteiger partial charge is 0.0774 e. The van der Waals surface area contributed by atoms with Gasteiger partial charge in [0.1, 0.15) is 0 Å². The van der Waals surface area contributed by atoms with Crippen molar-refractivity contribution in [1.29, 1.82) is 15.8 Å². The molecule has 72 valence electrons. The van der Waals surface area contributed by atoms with Crippen LogP contribution in [0.1, 0.15) is 17.0 Å². The maximum Gasteiger partial charge on any atom is 0.0774 e. The van der Waals surface area contributed by atoms with E-state index < -0.39 is 0 Å². The Labute approximate surface area is 88.0 Å². The van der Waals surface area contributed by atoms with E-state index in [0.717, 1.165) is 5.56 Å². The van der Waals surface area contributed by atoms with E-state index in [-0.39, 0.29) is 19.3 Å². The van der Waals surface area contributed by atoms with E-state index in [1.165, 1.54) is 0 Å². The van der Waals surface area contributed by atoms with Crippen LogP contribution in [-0.4, -0.2) is 4.98 Å². The summed E-state index contributed by atoms with van der Waals surface area (Å²) in [6, 6.07) is 9.48. The second kappa shape index (κ2) is 5.37. The molecule has 0 bridgehead atoms. The summed E-state index contributed by atoms with van der Waals surface area (Å²) in [7, 11) is 0. The van der Waals surface area contributed by atoms with Gasteiger partial charge >= 0.3 is 0 Å². The molecule has 0 aliphatic rings. The Morgan fingerprint density at radius 1 is 0.867 bits per heavy atom. The van der Waals surface area contributed by atoms with Crippen LogP contribution in [0.2, 0.25) is 0 Å². The molecule has 0 fully saturated rings. The quantitative estimate of drug-likeness (QED) is 0.728. The van der Waals surface area contributed by atoms with Crippen LogP contribution in [0.5, 0.6) is 0 Å². The number of rotatable bonds is 3. The van der Waals surface area contributed by atoms with Crippen molar-refractivity contribution in [3.8, 4) is 18.2 Å². The molecule has 0 saturated carbocycles. The summed E-state index contributed by atoms with van der Waals surface area (Å²) in [4.78, 5) is 4.14. The summed E-state index contributed by atoms with van der Waals surface area (Å²) in [6.45, 7) is 0. The molecular weight excluding hydrogens is 188 g/mol. The fraction of sp³-hybridized carbons (Fsp3) is 0.273. The van der Waals surface area contributed by atoms with Crippen molar-refractivity contribution in [2.45, 2.75) is 19.3 Å². The van der Waals surface area contributed by atoms with Crippen LogP contribution in [0.4, 0.5) is 0 Å². The lowest BCUT2D eigenvalue weighted by molar-refractivity contribution is 1.01. The third-order valence-corrected chi connectivity index (χ3v) is 1.79. The Kier molecular flexibility index (Phi) is 3.83. The molecule has 0 saturated heterocycles. The highest BCUT2D eigenvalue weighted by molar-refractivity contribution is 5.26. The molecule has 15 heavy (non-hydrogen) atoms. The van der Waals surface area contributed by atoms with Gasteiger partial charge in [-0.1, -0.05) is 0 Å². The summed E-state index contributed by atoms with van der Waals surface area (Å²) in [6.07, 6.45) is 0.689. The lowest BCUT2D eigenvalue weighted by Crippen LogP contribution is -1.97. The minimum Gasteiger partial charge on any atom is -0.256 e. The van der Waals surface area contributed by atoms with Crippen molar-refractivity contribution in [3.05, 3.63) is 29.1 Å². The van der Waals surface area contributed by atoms with E-state index in [9.17, 15) is 0 Å². The highest BCUT2D eigenvalue weighted by Crippen LogP contribution is 2.08. The molecule has 1 aromatic heterocycles. The molecule has 1 rings (SSSR count). The minimum atomic E-state index is 0.206. The number of nitriles is 3. The molecular formula is C11H8N4. The first-order valence-electron chi connectivity index (χ1n) is 4.39. The second-order valence-electron chi connectivity index (χ2n) is 2.96. The monoisotopic (exact) mass is 196 g/mol. The van der Waals surface area contributed by atoms with Crippen molar-refractivity contribution in [1.82, 2.24) is 4.98 Å². The molecule has 1 aromatic rings. The summed E-state index contributed by atoms with van der Waals surface area (Å²) in [5.41, 5.74) is 2.05. The first-order valence-corrected chi connectivity index (χ1v) is 4.39. The van der Waals surface area contributed by atoms with Crippen molar-refractivity contribution in [3.63, 3.8) is 0 Å². The van der Waals surface area contributed by atoms with Crippen molar-refractivity contribution in [2.24, 2.45) is 0 Å². The van der Waals surface area contributed by atoms with Gasteiger partial charge in [0, 0.05) is 0 Å². The van der Waals surface area contributed by atoms with Gasteiger partial charge in [0.05, 0.1) is 48.9 Å². The van der Waals surface area contributed by atoms with Crippen LogP contribution in [0, 0.1) is 34.0 Å². The Balaban J connectivity index is 3.05. The minimum absolute atomic E-state index is 0.206. The third kappa shape index (κ3) is 3.10. The van der Waals surface area contributed by atoms with Crippen LogP contribution < -0.4 is 0 Å². The Morgan fingerprint density at radius 2 is 1.33 bits per heavy atom. The third-order valence-electron chi connectivity index (χ3n) is 1.79. The fourth-order valence-corrected chi connectivity index (χ4v) is 1.26. The maximum atomic E-state index is 8.56. The molecule has 0 amide bonds. The van der Waals surface area contributed by atoms with Gasteiger partial charge in [-0.25, -0.2) is 0 Å². The summed E-state index contributed by atoms with van der Waals surface area (Å²) < 4.78 is 0. The second-order valence-corrected chi connectivity index (χ2v) is 2.96. The number of aromatic nitrogens is 1. The summed E-state index contributed by atoms with van der Waals surface area (Å²) in [5.74, 6) is 0. The molecule has 0 unspecified atom stereocenters. The zero-order valence-electron chi connectivity index (χ0n) is 8.06. The van der Waals surface area contributed by atoms with Gasteiger partial charge in [0.25, 0.3) is 0 Å². The molecule has 1 heterocycles. The molecule has 0 spiro atoms. The largest absolute Gasteiger partial charge is 0.256 e. The fourth-order valence-electron chi connectivity index (χ4n) is 1.26. The SMILES string of the molecule is N#CCc1cc(CC#N)nc(CC#N)c1. The lowest BCUT2D eigenvalue weighted by atomic mass is 10.1. The number of hydrogen-bond donors (Lipinski definition) is 0. The van der Waals surface area contributed by atoms with E-state index >= 15 is 0 Å². The molecule has 0 aliphatic heterocycles. The Morgan fingerprint density at radius 3 is 1.73 bits per heavy atom. The summed E-state index contributed by atoms with van der Waals surface area (Å²) >= 11 is 0. The average molecular weight is 196 g/mol. The topological polar surface area (TPSA) is 84.3 Å². The van der Waals surface area contributed by atoms with E-state index in [1.807, 2.05) is 18.2 Å². The molecule has 0 N–H and O–H groups in total. The van der Waals surface area contributed by atoms with Gasteiger partial charge in [-0.05, 0) is 17.7 Å². The first kappa shape index (κ1) is 10.7. The van der Waals surface area contributed by atoms with Gasteiger partial charge in [-0.3, -0.25) is 4.98 Å².